The van der Waals surface area contributed by atoms with E-state index in [4.69, 9.17) is 5.73 Å². The van der Waals surface area contributed by atoms with Crippen LogP contribution in [-0.4, -0.2) is 42.4 Å². The Morgan fingerprint density at radius 2 is 1.90 bits per heavy atom. The number of carbonyl (C=O) groups is 2. The second kappa shape index (κ2) is 7.25. The van der Waals surface area contributed by atoms with Crippen LogP contribution in [0.1, 0.15) is 47.5 Å². The summed E-state index contributed by atoms with van der Waals surface area (Å²) in [5, 5.41) is 3.10. The third kappa shape index (κ3) is 6.93. The Kier molecular flexibility index (Phi) is 6.20. The summed E-state index contributed by atoms with van der Waals surface area (Å²) in [5.41, 5.74) is 5.57. The number of nitrogens with one attached hydrogen (secondary N) is 1. The Hall–Kier alpha value is -1.10. The van der Waals surface area contributed by atoms with E-state index in [-0.39, 0.29) is 35.7 Å². The summed E-state index contributed by atoms with van der Waals surface area (Å²) in [5.74, 6) is 0.240. The van der Waals surface area contributed by atoms with Gasteiger partial charge in [-0.05, 0) is 24.2 Å². The van der Waals surface area contributed by atoms with Crippen molar-refractivity contribution in [3.63, 3.8) is 0 Å². The summed E-state index contributed by atoms with van der Waals surface area (Å²) in [6.45, 7) is 12.3. The van der Waals surface area contributed by atoms with Crippen molar-refractivity contribution >= 4 is 11.8 Å². The second-order valence-electron chi connectivity index (χ2n) is 7.89. The molecule has 1 aliphatic heterocycles. The van der Waals surface area contributed by atoms with Crippen LogP contribution >= 0.6 is 0 Å². The average molecular weight is 297 g/mol. The van der Waals surface area contributed by atoms with E-state index in [9.17, 15) is 9.59 Å². The third-order valence-corrected chi connectivity index (χ3v) is 3.76. The molecule has 5 heteroatoms. The molecule has 1 saturated heterocycles. The standard InChI is InChI=1S/C16H31N3O2/c1-11(2)15(21)18-13-6-12(7-16(3,4)5)8-19(9-13)10-14(17)20/h11-13H,6-10H2,1-5H3,(H2,17,20)(H,18,21). The van der Waals surface area contributed by atoms with Crippen molar-refractivity contribution in [2.24, 2.45) is 23.0 Å². The molecule has 21 heavy (non-hydrogen) atoms. The number of primary amides is 1. The molecule has 2 atom stereocenters. The SMILES string of the molecule is CC(C)C(=O)NC1CC(CC(C)(C)C)CN(CC(N)=O)C1. The van der Waals surface area contributed by atoms with E-state index in [1.807, 2.05) is 13.8 Å². The summed E-state index contributed by atoms with van der Waals surface area (Å²) < 4.78 is 0. The number of likely N-dealkylation sites (tertiary alicyclic amines) is 1. The molecular weight excluding hydrogens is 266 g/mol. The van der Waals surface area contributed by atoms with Crippen molar-refractivity contribution in [3.8, 4) is 0 Å². The van der Waals surface area contributed by atoms with Crippen LogP contribution in [0.2, 0.25) is 0 Å². The fourth-order valence-electron chi connectivity index (χ4n) is 3.14. The van der Waals surface area contributed by atoms with Crippen molar-refractivity contribution in [2.75, 3.05) is 19.6 Å². The number of piperidine rings is 1. The molecule has 0 aromatic heterocycles. The molecule has 2 unspecified atom stereocenters. The predicted molar refractivity (Wildman–Crippen MR) is 84.6 cm³/mol. The smallest absolute Gasteiger partial charge is 0.231 e. The second-order valence-corrected chi connectivity index (χ2v) is 7.89. The molecule has 0 saturated carbocycles. The molecule has 1 aliphatic rings. The quantitative estimate of drug-likeness (QED) is 0.805. The molecule has 0 aliphatic carbocycles. The van der Waals surface area contributed by atoms with Crippen LogP contribution in [0, 0.1) is 17.3 Å². The van der Waals surface area contributed by atoms with Gasteiger partial charge in [-0.1, -0.05) is 34.6 Å². The van der Waals surface area contributed by atoms with Crippen LogP contribution in [0.15, 0.2) is 0 Å². The number of amides is 2. The first-order valence-corrected chi connectivity index (χ1v) is 7.88. The summed E-state index contributed by atoms with van der Waals surface area (Å²) >= 11 is 0. The molecule has 0 radical (unpaired) electrons. The lowest BCUT2D eigenvalue weighted by Gasteiger charge is -2.40. The van der Waals surface area contributed by atoms with Crippen LogP contribution in [0.4, 0.5) is 0 Å². The van der Waals surface area contributed by atoms with E-state index in [1.54, 1.807) is 0 Å². The first kappa shape index (κ1) is 18.0. The zero-order valence-corrected chi connectivity index (χ0v) is 14.1. The van der Waals surface area contributed by atoms with Gasteiger partial charge in [-0.3, -0.25) is 14.5 Å². The van der Waals surface area contributed by atoms with E-state index in [2.05, 4.69) is 31.0 Å². The van der Waals surface area contributed by atoms with Gasteiger partial charge in [0.05, 0.1) is 6.54 Å². The van der Waals surface area contributed by atoms with E-state index < -0.39 is 0 Å². The van der Waals surface area contributed by atoms with Gasteiger partial charge < -0.3 is 11.1 Å². The maximum absolute atomic E-state index is 11.9. The van der Waals surface area contributed by atoms with Gasteiger partial charge in [-0.2, -0.15) is 0 Å². The average Bonchev–Trinajstić information content (AvgIpc) is 2.24. The lowest BCUT2D eigenvalue weighted by molar-refractivity contribution is -0.125. The molecule has 1 heterocycles. The van der Waals surface area contributed by atoms with Gasteiger partial charge in [-0.15, -0.1) is 0 Å². The highest BCUT2D eigenvalue weighted by Crippen LogP contribution is 2.30. The monoisotopic (exact) mass is 297 g/mol. The topological polar surface area (TPSA) is 75.4 Å². The van der Waals surface area contributed by atoms with Crippen molar-refractivity contribution < 1.29 is 9.59 Å². The zero-order valence-electron chi connectivity index (χ0n) is 14.1. The van der Waals surface area contributed by atoms with Gasteiger partial charge in [0.2, 0.25) is 11.8 Å². The number of nitrogens with zero attached hydrogens (tertiary/aromatic N) is 1. The summed E-state index contributed by atoms with van der Waals surface area (Å²) in [6, 6.07) is 0.111. The number of carbonyl (C=O) groups excluding carboxylic acids is 2. The molecular formula is C16H31N3O2. The van der Waals surface area contributed by atoms with Gasteiger partial charge in [0.1, 0.15) is 0 Å². The maximum Gasteiger partial charge on any atom is 0.231 e. The molecule has 3 N–H and O–H groups in total. The molecule has 1 rings (SSSR count). The molecule has 122 valence electrons. The minimum absolute atomic E-state index is 0.0161. The third-order valence-electron chi connectivity index (χ3n) is 3.76. The largest absolute Gasteiger partial charge is 0.369 e. The summed E-state index contributed by atoms with van der Waals surface area (Å²) in [4.78, 5) is 25.2. The highest BCUT2D eigenvalue weighted by atomic mass is 16.2. The summed E-state index contributed by atoms with van der Waals surface area (Å²) in [6.07, 6.45) is 2.06. The first-order valence-electron chi connectivity index (χ1n) is 7.88. The van der Waals surface area contributed by atoms with E-state index >= 15 is 0 Å². The number of rotatable bonds is 5. The first-order chi connectivity index (χ1) is 9.56. The van der Waals surface area contributed by atoms with Crippen molar-refractivity contribution in [3.05, 3.63) is 0 Å². The number of nitrogens with two attached hydrogens (primary N) is 1. The van der Waals surface area contributed by atoms with Crippen LogP contribution in [0.3, 0.4) is 0 Å². The van der Waals surface area contributed by atoms with Crippen molar-refractivity contribution in [2.45, 2.75) is 53.5 Å². The van der Waals surface area contributed by atoms with E-state index in [1.165, 1.54) is 0 Å². The molecule has 0 aromatic carbocycles. The highest BCUT2D eigenvalue weighted by molar-refractivity contribution is 5.78. The van der Waals surface area contributed by atoms with E-state index in [0.717, 1.165) is 19.4 Å². The molecule has 0 aromatic rings. The Morgan fingerprint density at radius 1 is 1.29 bits per heavy atom. The van der Waals surface area contributed by atoms with Gasteiger partial charge in [0, 0.05) is 25.0 Å². The molecule has 0 spiro atoms. The Balaban J connectivity index is 2.69. The number of hydrogen-bond donors (Lipinski definition) is 2. The lowest BCUT2D eigenvalue weighted by atomic mass is 9.80. The molecule has 5 nitrogen and oxygen atoms in total. The molecule has 1 fully saturated rings. The van der Waals surface area contributed by atoms with Crippen LogP contribution < -0.4 is 11.1 Å². The Labute approximate surface area is 128 Å². The number of hydrogen-bond acceptors (Lipinski definition) is 3. The van der Waals surface area contributed by atoms with Crippen molar-refractivity contribution in [1.29, 1.82) is 0 Å². The van der Waals surface area contributed by atoms with Gasteiger partial charge in [-0.25, -0.2) is 0 Å². The predicted octanol–water partition coefficient (Wildman–Crippen LogP) is 1.37. The zero-order chi connectivity index (χ0) is 16.2. The fourth-order valence-corrected chi connectivity index (χ4v) is 3.14. The van der Waals surface area contributed by atoms with E-state index in [0.29, 0.717) is 12.5 Å². The minimum atomic E-state index is -0.305. The van der Waals surface area contributed by atoms with Gasteiger partial charge in [0.25, 0.3) is 0 Å². The van der Waals surface area contributed by atoms with Crippen LogP contribution in [0.25, 0.3) is 0 Å². The minimum Gasteiger partial charge on any atom is -0.369 e. The lowest BCUT2D eigenvalue weighted by Crippen LogP contribution is -2.53. The normalized spacial score (nSPS) is 24.1. The highest BCUT2D eigenvalue weighted by Gasteiger charge is 2.31. The summed E-state index contributed by atoms with van der Waals surface area (Å²) in [7, 11) is 0. The van der Waals surface area contributed by atoms with Crippen LogP contribution in [0.5, 0.6) is 0 Å². The van der Waals surface area contributed by atoms with Crippen molar-refractivity contribution in [1.82, 2.24) is 10.2 Å². The fraction of sp³-hybridized carbons (Fsp3) is 0.875. The maximum atomic E-state index is 11.9. The molecule has 0 bridgehead atoms. The van der Waals surface area contributed by atoms with Gasteiger partial charge in [0.15, 0.2) is 0 Å². The van der Waals surface area contributed by atoms with Crippen LogP contribution in [-0.2, 0) is 9.59 Å². The Bertz CT molecular complexity index is 374. The Morgan fingerprint density at radius 3 is 2.38 bits per heavy atom. The van der Waals surface area contributed by atoms with Gasteiger partial charge >= 0.3 is 0 Å². The molecule has 2 amide bonds.